The molecule has 0 N–H and O–H groups in total. The zero-order valence-corrected chi connectivity index (χ0v) is 26.1. The van der Waals surface area contributed by atoms with Gasteiger partial charge in [0.1, 0.15) is 0 Å². The van der Waals surface area contributed by atoms with Crippen LogP contribution in [0.15, 0.2) is 25.3 Å². The molecule has 0 aromatic heterocycles. The van der Waals surface area contributed by atoms with Crippen LogP contribution in [0, 0.1) is 0 Å². The second-order valence-corrected chi connectivity index (χ2v) is 18.7. The Bertz CT molecular complexity index is 498. The van der Waals surface area contributed by atoms with Crippen molar-refractivity contribution in [1.29, 1.82) is 0 Å². The average molecular weight is 599 g/mol. The molecule has 0 aromatic carbocycles. The molecule has 0 aliphatic rings. The Morgan fingerprint density at radius 2 is 0.829 bits per heavy atom. The summed E-state index contributed by atoms with van der Waals surface area (Å²) in [6, 6.07) is 0. The zero-order valence-electron chi connectivity index (χ0n) is 23.3. The fourth-order valence-corrected chi connectivity index (χ4v) is 11.4. The molecule has 5 heteroatoms. The summed E-state index contributed by atoms with van der Waals surface area (Å²) in [5.74, 6) is -0.438. The summed E-state index contributed by atoms with van der Waals surface area (Å²) in [6.07, 6.45) is 26.0. The molecule has 0 aliphatic carbocycles. The van der Waals surface area contributed by atoms with E-state index in [-0.39, 0.29) is 11.9 Å². The van der Waals surface area contributed by atoms with Crippen molar-refractivity contribution in [1.82, 2.24) is 0 Å². The fraction of sp³-hybridized carbons (Fsp3) is 0.800. The Morgan fingerprint density at radius 3 is 1.11 bits per heavy atom. The zero-order chi connectivity index (χ0) is 26.0. The van der Waals surface area contributed by atoms with Crippen LogP contribution in [0.4, 0.5) is 0 Å². The predicted octanol–water partition coefficient (Wildman–Crippen LogP) is 9.73. The molecule has 0 aliphatic heterocycles. The van der Waals surface area contributed by atoms with Crippen LogP contribution in [0.25, 0.3) is 0 Å². The van der Waals surface area contributed by atoms with Gasteiger partial charge in [-0.25, -0.2) is 0 Å². The molecule has 4 nitrogen and oxygen atoms in total. The molecule has 0 aromatic rings. The van der Waals surface area contributed by atoms with Crippen LogP contribution in [0.3, 0.4) is 0 Å². The smallest absolute Gasteiger partial charge is 0.0654 e. The minimum absolute atomic E-state index is 0.219. The maximum absolute atomic E-state index is 12.6. The molecule has 0 radical (unpaired) electrons. The fourth-order valence-electron chi connectivity index (χ4n) is 4.39. The second kappa shape index (κ2) is 24.9. The summed E-state index contributed by atoms with van der Waals surface area (Å²) in [7, 11) is 0. The SMILES string of the molecule is C=C[CH2][Sn]([CH2]C=C)([O]C(=O)CCCCCCCCCCC)[O]C(=O)CCCCCCCCCCC. The van der Waals surface area contributed by atoms with Gasteiger partial charge in [-0.3, -0.25) is 0 Å². The first kappa shape index (κ1) is 34.2. The van der Waals surface area contributed by atoms with E-state index in [0.717, 1.165) is 25.7 Å². The van der Waals surface area contributed by atoms with E-state index >= 15 is 0 Å². The van der Waals surface area contributed by atoms with Crippen LogP contribution in [-0.4, -0.2) is 31.1 Å². The van der Waals surface area contributed by atoms with E-state index in [0.29, 0.717) is 21.7 Å². The van der Waals surface area contributed by atoms with Crippen molar-refractivity contribution in [3.05, 3.63) is 25.3 Å². The Morgan fingerprint density at radius 1 is 0.543 bits per heavy atom. The molecule has 0 heterocycles. The molecule has 0 bridgehead atoms. The topological polar surface area (TPSA) is 52.6 Å². The monoisotopic (exact) mass is 600 g/mol. The van der Waals surface area contributed by atoms with Crippen LogP contribution in [-0.2, 0) is 15.7 Å². The molecule has 0 rings (SSSR count). The summed E-state index contributed by atoms with van der Waals surface area (Å²) >= 11 is -3.93. The van der Waals surface area contributed by atoms with E-state index in [2.05, 4.69) is 27.0 Å². The molecule has 0 saturated heterocycles. The third-order valence-electron chi connectivity index (χ3n) is 6.48. The molecule has 0 atom stereocenters. The summed E-state index contributed by atoms with van der Waals surface area (Å²) in [4.78, 5) is 25.2. The summed E-state index contributed by atoms with van der Waals surface area (Å²) in [5.41, 5.74) is 0. The van der Waals surface area contributed by atoms with Gasteiger partial charge in [-0.05, 0) is 0 Å². The minimum Gasteiger partial charge on any atom is -0.0654 e. The van der Waals surface area contributed by atoms with Crippen molar-refractivity contribution in [2.75, 3.05) is 0 Å². The van der Waals surface area contributed by atoms with Gasteiger partial charge < -0.3 is 0 Å². The molecule has 35 heavy (non-hydrogen) atoms. The van der Waals surface area contributed by atoms with Crippen molar-refractivity contribution in [3.63, 3.8) is 0 Å². The number of hydrogen-bond donors (Lipinski definition) is 0. The van der Waals surface area contributed by atoms with Crippen LogP contribution >= 0.6 is 0 Å². The normalized spacial score (nSPS) is 11.3. The average Bonchev–Trinajstić information content (AvgIpc) is 2.82. The van der Waals surface area contributed by atoms with E-state index < -0.39 is 19.2 Å². The maximum atomic E-state index is 12.6. The Labute approximate surface area is 222 Å². The van der Waals surface area contributed by atoms with Crippen LogP contribution in [0.5, 0.6) is 0 Å². The van der Waals surface area contributed by atoms with E-state index in [1.807, 2.05) is 0 Å². The Balaban J connectivity index is 4.29. The summed E-state index contributed by atoms with van der Waals surface area (Å²) < 4.78 is 12.8. The first-order valence-corrected chi connectivity index (χ1v) is 21.1. The van der Waals surface area contributed by atoms with E-state index in [1.54, 1.807) is 12.2 Å². The third-order valence-corrected chi connectivity index (χ3v) is 15.1. The third kappa shape index (κ3) is 21.0. The molecule has 0 fully saturated rings. The number of allylic oxidation sites excluding steroid dienone is 2. The van der Waals surface area contributed by atoms with Crippen LogP contribution in [0.1, 0.15) is 142 Å². The summed E-state index contributed by atoms with van der Waals surface area (Å²) in [6.45, 7) is 12.1. The van der Waals surface area contributed by atoms with Crippen LogP contribution < -0.4 is 0 Å². The Kier molecular flexibility index (Phi) is 24.3. The van der Waals surface area contributed by atoms with E-state index in [1.165, 1.54) is 89.9 Å². The Hall–Kier alpha value is -0.781. The van der Waals surface area contributed by atoms with Gasteiger partial charge in [0.05, 0.1) is 0 Å². The van der Waals surface area contributed by atoms with Crippen LogP contribution in [0.2, 0.25) is 8.87 Å². The van der Waals surface area contributed by atoms with Gasteiger partial charge in [-0.2, -0.15) is 0 Å². The van der Waals surface area contributed by atoms with E-state index in [4.69, 9.17) is 6.15 Å². The van der Waals surface area contributed by atoms with Gasteiger partial charge in [0, 0.05) is 0 Å². The molecule has 0 spiro atoms. The predicted molar refractivity (Wildman–Crippen MR) is 152 cm³/mol. The number of unbranched alkanes of at least 4 members (excludes halogenated alkanes) is 16. The first-order chi connectivity index (χ1) is 17.0. The van der Waals surface area contributed by atoms with Crippen molar-refractivity contribution in [3.8, 4) is 0 Å². The van der Waals surface area contributed by atoms with Gasteiger partial charge in [-0.1, -0.05) is 13.8 Å². The molecular formula is C30H56O4Sn. The number of carbonyl (C=O) groups excluding carboxylic acids is 2. The minimum atomic E-state index is -3.93. The molecular weight excluding hydrogens is 543 g/mol. The van der Waals surface area contributed by atoms with Crippen molar-refractivity contribution < 1.29 is 15.7 Å². The quantitative estimate of drug-likeness (QED) is 0.0564. The van der Waals surface area contributed by atoms with Crippen molar-refractivity contribution >= 4 is 31.1 Å². The van der Waals surface area contributed by atoms with Gasteiger partial charge in [0.15, 0.2) is 0 Å². The van der Waals surface area contributed by atoms with Gasteiger partial charge >= 0.3 is 209 Å². The second-order valence-electron chi connectivity index (χ2n) is 10.0. The van der Waals surface area contributed by atoms with Gasteiger partial charge in [0.25, 0.3) is 0 Å². The molecule has 0 amide bonds. The number of carbonyl (C=O) groups is 2. The number of rotatable bonds is 26. The summed E-state index contributed by atoms with van der Waals surface area (Å²) in [5, 5.41) is 0. The van der Waals surface area contributed by atoms with Crippen molar-refractivity contribution in [2.45, 2.75) is 151 Å². The van der Waals surface area contributed by atoms with E-state index in [9.17, 15) is 9.59 Å². The first-order valence-electron chi connectivity index (χ1n) is 14.7. The molecule has 0 unspecified atom stereocenters. The van der Waals surface area contributed by atoms with Gasteiger partial charge in [0.2, 0.25) is 0 Å². The molecule has 204 valence electrons. The van der Waals surface area contributed by atoms with Gasteiger partial charge in [-0.15, -0.1) is 0 Å². The number of hydrogen-bond acceptors (Lipinski definition) is 4. The van der Waals surface area contributed by atoms with Crippen molar-refractivity contribution in [2.24, 2.45) is 0 Å². The molecule has 0 saturated carbocycles. The standard InChI is InChI=1S/2C12H24O2.2C3H5.Sn/c2*1-2-3-4-5-6-7-8-9-10-11-12(13)14;2*1-3-2;/h2*2-11H2,1H3,(H,13,14);2*3H,1-2H2;/q;;;;+2/p-2.